The molecule has 0 bridgehead atoms. The molecule has 8 nitrogen and oxygen atoms in total. The van der Waals surface area contributed by atoms with Gasteiger partial charge in [-0.25, -0.2) is 26.6 Å². The van der Waals surface area contributed by atoms with E-state index in [0.29, 0.717) is 0 Å². The average Bonchev–Trinajstić information content (AvgIpc) is 3.30. The number of imidazole rings is 1. The number of aryl methyl sites for hydroxylation is 1. The summed E-state index contributed by atoms with van der Waals surface area (Å²) in [5, 5.41) is 2.33. The second-order valence-electron chi connectivity index (χ2n) is 9.72. The van der Waals surface area contributed by atoms with Gasteiger partial charge < -0.3 is 9.88 Å². The first kappa shape index (κ1) is 28.4. The molecule has 1 amide bonds. The number of piperazine rings is 1. The molecule has 1 aliphatic carbocycles. The highest BCUT2D eigenvalue weighted by atomic mass is 32.2. The van der Waals surface area contributed by atoms with E-state index < -0.39 is 63.4 Å². The maximum Gasteiger partial charge on any atom is 0.417 e. The molecule has 1 saturated carbocycles. The molecule has 2 fully saturated rings. The predicted octanol–water partition coefficient (Wildman–Crippen LogP) is 3.26. The van der Waals surface area contributed by atoms with Crippen molar-refractivity contribution < 1.29 is 39.6 Å². The minimum Gasteiger partial charge on any atom is -0.350 e. The lowest BCUT2D eigenvalue weighted by atomic mass is 9.78. The van der Waals surface area contributed by atoms with E-state index in [2.05, 4.69) is 10.3 Å². The normalized spacial score (nSPS) is 20.8. The van der Waals surface area contributed by atoms with E-state index in [1.165, 1.54) is 21.4 Å². The Balaban J connectivity index is 1.51. The van der Waals surface area contributed by atoms with Crippen LogP contribution in [0.4, 0.5) is 26.3 Å². The zero-order valence-corrected chi connectivity index (χ0v) is 21.3. The third-order valence-electron chi connectivity index (χ3n) is 7.22. The third-order valence-corrected chi connectivity index (χ3v) is 9.00. The van der Waals surface area contributed by atoms with Crippen LogP contribution in [0.25, 0.3) is 0 Å². The van der Waals surface area contributed by atoms with Crippen molar-refractivity contribution in [2.24, 2.45) is 7.05 Å². The Hall–Kier alpha value is -2.65. The lowest BCUT2D eigenvalue weighted by molar-refractivity contribution is -0.138. The van der Waals surface area contributed by atoms with Crippen LogP contribution >= 0.6 is 0 Å². The van der Waals surface area contributed by atoms with Gasteiger partial charge in [0.2, 0.25) is 5.92 Å². The van der Waals surface area contributed by atoms with Gasteiger partial charge in [0.15, 0.2) is 5.03 Å². The second kappa shape index (κ2) is 10.2. The van der Waals surface area contributed by atoms with Crippen molar-refractivity contribution in [2.75, 3.05) is 32.7 Å². The Kier molecular flexibility index (Phi) is 7.58. The largest absolute Gasteiger partial charge is 0.417 e. The number of halogens is 6. The fraction of sp³-hybridized carbons (Fsp3) is 0.565. The third kappa shape index (κ3) is 5.83. The van der Waals surface area contributed by atoms with Gasteiger partial charge in [-0.2, -0.15) is 17.5 Å². The van der Waals surface area contributed by atoms with Gasteiger partial charge in [0.25, 0.3) is 15.9 Å². The fourth-order valence-electron chi connectivity index (χ4n) is 5.03. The highest BCUT2D eigenvalue weighted by molar-refractivity contribution is 7.89. The zero-order chi connectivity index (χ0) is 27.9. The summed E-state index contributed by atoms with van der Waals surface area (Å²) in [6, 6.07) is 1.70. The monoisotopic (exact) mass is 567 g/mol. The van der Waals surface area contributed by atoms with Crippen molar-refractivity contribution in [1.82, 2.24) is 24.1 Å². The number of benzene rings is 1. The zero-order valence-electron chi connectivity index (χ0n) is 20.4. The van der Waals surface area contributed by atoms with Crippen molar-refractivity contribution in [2.45, 2.75) is 48.3 Å². The van der Waals surface area contributed by atoms with Gasteiger partial charge in [0.05, 0.1) is 17.5 Å². The van der Waals surface area contributed by atoms with E-state index in [4.69, 9.17) is 0 Å². The molecule has 2 aliphatic rings. The smallest absolute Gasteiger partial charge is 0.350 e. The molecule has 0 spiro atoms. The summed E-state index contributed by atoms with van der Waals surface area (Å²) in [5.74, 6) is -5.18. The van der Waals surface area contributed by atoms with Crippen LogP contribution in [0, 0.1) is 5.82 Å². The second-order valence-corrected chi connectivity index (χ2v) is 11.6. The van der Waals surface area contributed by atoms with E-state index >= 15 is 0 Å². The molecule has 1 aromatic carbocycles. The summed E-state index contributed by atoms with van der Waals surface area (Å²) in [6.45, 7) is 0.182. The van der Waals surface area contributed by atoms with Crippen molar-refractivity contribution in [3.63, 3.8) is 0 Å². The van der Waals surface area contributed by atoms with E-state index in [-0.39, 0.29) is 56.7 Å². The van der Waals surface area contributed by atoms with Gasteiger partial charge >= 0.3 is 6.18 Å². The number of carbonyl (C=O) groups is 1. The van der Waals surface area contributed by atoms with E-state index in [9.17, 15) is 39.6 Å². The van der Waals surface area contributed by atoms with Crippen LogP contribution in [0.5, 0.6) is 0 Å². The molecule has 1 saturated heterocycles. The van der Waals surface area contributed by atoms with Crippen LogP contribution in [-0.4, -0.2) is 77.3 Å². The topological polar surface area (TPSA) is 87.5 Å². The summed E-state index contributed by atoms with van der Waals surface area (Å²) in [7, 11) is -2.24. The first-order valence-corrected chi connectivity index (χ1v) is 13.3. The van der Waals surface area contributed by atoms with E-state index in [1.54, 1.807) is 7.05 Å². The van der Waals surface area contributed by atoms with Gasteiger partial charge in [-0.05, 0) is 31.0 Å². The molecule has 0 atom stereocenters. The molecule has 15 heteroatoms. The Morgan fingerprint density at radius 2 is 1.71 bits per heavy atom. The van der Waals surface area contributed by atoms with Crippen molar-refractivity contribution in [3.8, 4) is 0 Å². The quantitative estimate of drug-likeness (QED) is 0.542. The van der Waals surface area contributed by atoms with Gasteiger partial charge in [-0.3, -0.25) is 9.69 Å². The molecule has 210 valence electrons. The fourth-order valence-corrected chi connectivity index (χ4v) is 6.42. The van der Waals surface area contributed by atoms with Crippen LogP contribution < -0.4 is 5.32 Å². The van der Waals surface area contributed by atoms with Crippen molar-refractivity contribution in [1.29, 1.82) is 0 Å². The Labute approximate surface area is 215 Å². The summed E-state index contributed by atoms with van der Waals surface area (Å²) in [5.41, 5.74) is -3.23. The number of hydrogen-bond donors (Lipinski definition) is 1. The van der Waals surface area contributed by atoms with E-state index in [0.717, 1.165) is 12.1 Å². The summed E-state index contributed by atoms with van der Waals surface area (Å²) in [6.07, 6.45) is -3.33. The van der Waals surface area contributed by atoms with Crippen LogP contribution in [0.2, 0.25) is 0 Å². The molecule has 1 N–H and O–H groups in total. The lowest BCUT2D eigenvalue weighted by Crippen LogP contribution is -2.63. The minimum absolute atomic E-state index is 0.0428. The Morgan fingerprint density at radius 3 is 2.26 bits per heavy atom. The Bertz CT molecular complexity index is 1280. The number of carbonyl (C=O) groups excluding carboxylic acids is 1. The number of hydrogen-bond acceptors (Lipinski definition) is 5. The molecular weight excluding hydrogens is 540 g/mol. The van der Waals surface area contributed by atoms with Crippen molar-refractivity contribution in [3.05, 3.63) is 47.7 Å². The molecular formula is C23H27F6N5O3S. The minimum atomic E-state index is -4.98. The molecule has 38 heavy (non-hydrogen) atoms. The van der Waals surface area contributed by atoms with E-state index in [1.807, 2.05) is 4.90 Å². The number of rotatable bonds is 6. The summed E-state index contributed by atoms with van der Waals surface area (Å²) < 4.78 is 110. The maximum atomic E-state index is 14.0. The lowest BCUT2D eigenvalue weighted by Gasteiger charge is -2.50. The molecule has 2 aromatic rings. The van der Waals surface area contributed by atoms with Gasteiger partial charge in [-0.15, -0.1) is 0 Å². The molecule has 1 aliphatic heterocycles. The summed E-state index contributed by atoms with van der Waals surface area (Å²) in [4.78, 5) is 18.5. The Morgan fingerprint density at radius 1 is 1.08 bits per heavy atom. The maximum absolute atomic E-state index is 14.0. The van der Waals surface area contributed by atoms with Crippen LogP contribution in [-0.2, 0) is 23.2 Å². The van der Waals surface area contributed by atoms with Crippen LogP contribution in [0.15, 0.2) is 35.7 Å². The number of alkyl halides is 5. The number of nitrogens with one attached hydrogen (secondary N) is 1. The average molecular weight is 568 g/mol. The summed E-state index contributed by atoms with van der Waals surface area (Å²) >= 11 is 0. The van der Waals surface area contributed by atoms with Crippen molar-refractivity contribution >= 4 is 15.9 Å². The molecule has 1 aromatic heterocycles. The first-order chi connectivity index (χ1) is 17.6. The van der Waals surface area contributed by atoms with Gasteiger partial charge in [0.1, 0.15) is 5.82 Å². The highest BCUT2D eigenvalue weighted by Gasteiger charge is 2.48. The molecule has 4 rings (SSSR count). The number of sulfonamides is 1. The SMILES string of the molecule is Cn1cnc(S(=O)(=O)N2CCN(C3(CNC(=O)c4ccc(F)cc4C(F)(F)F)CCC(F)(F)CC3)CC2)c1. The van der Waals surface area contributed by atoms with Crippen LogP contribution in [0.3, 0.4) is 0 Å². The van der Waals surface area contributed by atoms with Gasteiger partial charge in [0, 0.05) is 64.3 Å². The molecule has 2 heterocycles. The predicted molar refractivity (Wildman–Crippen MR) is 123 cm³/mol. The molecule has 0 unspecified atom stereocenters. The number of nitrogens with zero attached hydrogens (tertiary/aromatic N) is 4. The highest BCUT2D eigenvalue weighted by Crippen LogP contribution is 2.42. The first-order valence-electron chi connectivity index (χ1n) is 11.9. The van der Waals surface area contributed by atoms with Crippen LogP contribution in [0.1, 0.15) is 41.6 Å². The van der Waals surface area contributed by atoms with Gasteiger partial charge in [-0.1, -0.05) is 0 Å². The molecule has 0 radical (unpaired) electrons. The standard InChI is InChI=1S/C23H27F6N5O3S/c1-32-13-19(31-15-32)38(36,37)34-10-8-33(9-11-34)21(4-6-22(25,26)7-5-21)14-30-20(35)17-3-2-16(24)12-18(17)23(27,28)29/h2-3,12-13,15H,4-11,14H2,1H3,(H,30,35). The number of amides is 1. The number of aromatic nitrogens is 2.